The van der Waals surface area contributed by atoms with E-state index < -0.39 is 0 Å². The molecular weight excluding hydrogens is 234 g/mol. The topological polar surface area (TPSA) is 21.3 Å². The molecule has 1 atom stereocenters. The van der Waals surface area contributed by atoms with Gasteiger partial charge in [-0.05, 0) is 50.1 Å². The summed E-state index contributed by atoms with van der Waals surface area (Å²) >= 11 is 6.01. The number of nitrogens with one attached hydrogen (secondary N) is 1. The highest BCUT2D eigenvalue weighted by Gasteiger charge is 2.12. The lowest BCUT2D eigenvalue weighted by molar-refractivity contribution is 0.192. The number of ether oxygens (including phenoxy) is 1. The minimum Gasteiger partial charge on any atom is -0.489 e. The van der Waals surface area contributed by atoms with Crippen LogP contribution in [0.1, 0.15) is 31.4 Å². The number of hydrogen-bond donors (Lipinski definition) is 1. The Morgan fingerprint density at radius 1 is 1.24 bits per heavy atom. The quantitative estimate of drug-likeness (QED) is 0.837. The first kappa shape index (κ1) is 14.3. The third-order valence-electron chi connectivity index (χ3n) is 2.79. The van der Waals surface area contributed by atoms with Crippen molar-refractivity contribution in [2.45, 2.75) is 40.2 Å². The standard InChI is InChI=1S/C14H22ClNO/c1-5-13(9-16-6-2)17-14-10(3)7-12(15)8-11(14)4/h7-8,13,16H,5-6,9H2,1-4H3. The van der Waals surface area contributed by atoms with E-state index in [-0.39, 0.29) is 6.10 Å². The predicted molar refractivity (Wildman–Crippen MR) is 74.2 cm³/mol. The van der Waals surface area contributed by atoms with Crippen molar-refractivity contribution in [2.75, 3.05) is 13.1 Å². The number of hydrogen-bond acceptors (Lipinski definition) is 2. The molecule has 1 N–H and O–H groups in total. The van der Waals surface area contributed by atoms with Gasteiger partial charge < -0.3 is 10.1 Å². The summed E-state index contributed by atoms with van der Waals surface area (Å²) in [7, 11) is 0. The SMILES string of the molecule is CCNCC(CC)Oc1c(C)cc(Cl)cc1C. The summed E-state index contributed by atoms with van der Waals surface area (Å²) in [6.45, 7) is 10.2. The lowest BCUT2D eigenvalue weighted by Crippen LogP contribution is -2.31. The molecule has 0 heterocycles. The van der Waals surface area contributed by atoms with Crippen LogP contribution in [0.5, 0.6) is 5.75 Å². The van der Waals surface area contributed by atoms with Crippen molar-refractivity contribution in [1.82, 2.24) is 5.32 Å². The highest BCUT2D eigenvalue weighted by molar-refractivity contribution is 6.30. The molecule has 1 unspecified atom stereocenters. The average Bonchev–Trinajstić information content (AvgIpc) is 2.27. The van der Waals surface area contributed by atoms with Crippen LogP contribution in [0.25, 0.3) is 0 Å². The Hall–Kier alpha value is -0.730. The van der Waals surface area contributed by atoms with Crippen molar-refractivity contribution < 1.29 is 4.74 Å². The lowest BCUT2D eigenvalue weighted by Gasteiger charge is -2.21. The van der Waals surface area contributed by atoms with Gasteiger partial charge in [-0.25, -0.2) is 0 Å². The Labute approximate surface area is 109 Å². The number of benzene rings is 1. The van der Waals surface area contributed by atoms with E-state index in [0.717, 1.165) is 41.4 Å². The van der Waals surface area contributed by atoms with Crippen LogP contribution in [0, 0.1) is 13.8 Å². The van der Waals surface area contributed by atoms with E-state index in [0.29, 0.717) is 0 Å². The Morgan fingerprint density at radius 2 is 1.82 bits per heavy atom. The highest BCUT2D eigenvalue weighted by atomic mass is 35.5. The zero-order chi connectivity index (χ0) is 12.8. The summed E-state index contributed by atoms with van der Waals surface area (Å²) in [6.07, 6.45) is 1.21. The molecule has 0 aromatic heterocycles. The number of rotatable bonds is 6. The number of halogens is 1. The molecule has 0 amide bonds. The van der Waals surface area contributed by atoms with Gasteiger partial charge in [0.05, 0.1) is 0 Å². The molecule has 1 rings (SSSR count). The number of likely N-dealkylation sites (N-methyl/N-ethyl adjacent to an activating group) is 1. The van der Waals surface area contributed by atoms with Crippen LogP contribution in [0.2, 0.25) is 5.02 Å². The fourth-order valence-electron chi connectivity index (χ4n) is 1.82. The van der Waals surface area contributed by atoms with Gasteiger partial charge in [0.1, 0.15) is 11.9 Å². The van der Waals surface area contributed by atoms with Gasteiger partial charge in [-0.1, -0.05) is 25.4 Å². The van der Waals surface area contributed by atoms with Crippen molar-refractivity contribution in [2.24, 2.45) is 0 Å². The smallest absolute Gasteiger partial charge is 0.125 e. The van der Waals surface area contributed by atoms with E-state index in [2.05, 4.69) is 19.2 Å². The molecule has 2 nitrogen and oxygen atoms in total. The van der Waals surface area contributed by atoms with Gasteiger partial charge in [0.2, 0.25) is 0 Å². The van der Waals surface area contributed by atoms with E-state index >= 15 is 0 Å². The van der Waals surface area contributed by atoms with Gasteiger partial charge in [0, 0.05) is 11.6 Å². The Morgan fingerprint density at radius 3 is 2.29 bits per heavy atom. The van der Waals surface area contributed by atoms with E-state index in [1.54, 1.807) is 0 Å². The van der Waals surface area contributed by atoms with Crippen molar-refractivity contribution in [3.8, 4) is 5.75 Å². The molecule has 0 aliphatic heterocycles. The van der Waals surface area contributed by atoms with Crippen molar-refractivity contribution >= 4 is 11.6 Å². The molecule has 0 aliphatic carbocycles. The lowest BCUT2D eigenvalue weighted by atomic mass is 10.1. The van der Waals surface area contributed by atoms with E-state index in [1.807, 2.05) is 26.0 Å². The van der Waals surface area contributed by atoms with E-state index in [9.17, 15) is 0 Å². The second kappa shape index (κ2) is 6.87. The normalized spacial score (nSPS) is 12.5. The minimum atomic E-state index is 0.216. The van der Waals surface area contributed by atoms with Crippen LogP contribution in [0.15, 0.2) is 12.1 Å². The Bertz CT molecular complexity index is 342. The fraction of sp³-hybridized carbons (Fsp3) is 0.571. The number of aryl methyl sites for hydroxylation is 2. The van der Waals surface area contributed by atoms with Gasteiger partial charge in [-0.3, -0.25) is 0 Å². The largest absolute Gasteiger partial charge is 0.489 e. The zero-order valence-electron chi connectivity index (χ0n) is 11.1. The van der Waals surface area contributed by atoms with Crippen LogP contribution < -0.4 is 10.1 Å². The second-order valence-electron chi connectivity index (χ2n) is 4.32. The van der Waals surface area contributed by atoms with Crippen LogP contribution in [0.3, 0.4) is 0 Å². The first-order valence-electron chi connectivity index (χ1n) is 6.22. The van der Waals surface area contributed by atoms with Gasteiger partial charge >= 0.3 is 0 Å². The predicted octanol–water partition coefficient (Wildman–Crippen LogP) is 3.72. The van der Waals surface area contributed by atoms with Crippen LogP contribution in [0.4, 0.5) is 0 Å². The molecule has 1 aromatic carbocycles. The minimum absolute atomic E-state index is 0.216. The summed E-state index contributed by atoms with van der Waals surface area (Å²) in [5, 5.41) is 4.09. The molecule has 0 bridgehead atoms. The highest BCUT2D eigenvalue weighted by Crippen LogP contribution is 2.28. The third-order valence-corrected chi connectivity index (χ3v) is 3.01. The molecule has 96 valence electrons. The van der Waals surface area contributed by atoms with Crippen LogP contribution in [-0.2, 0) is 0 Å². The maximum absolute atomic E-state index is 6.06. The molecule has 0 saturated heterocycles. The maximum atomic E-state index is 6.06. The molecule has 1 aromatic rings. The Kier molecular flexibility index (Phi) is 5.79. The van der Waals surface area contributed by atoms with Gasteiger partial charge in [0.15, 0.2) is 0 Å². The second-order valence-corrected chi connectivity index (χ2v) is 4.76. The molecular formula is C14H22ClNO. The molecule has 0 fully saturated rings. The summed E-state index contributed by atoms with van der Waals surface area (Å²) in [5.74, 6) is 0.971. The maximum Gasteiger partial charge on any atom is 0.125 e. The summed E-state index contributed by atoms with van der Waals surface area (Å²) in [4.78, 5) is 0. The molecule has 0 radical (unpaired) electrons. The molecule has 0 aliphatic rings. The summed E-state index contributed by atoms with van der Waals surface area (Å²) in [6, 6.07) is 3.90. The van der Waals surface area contributed by atoms with Gasteiger partial charge in [-0.2, -0.15) is 0 Å². The summed E-state index contributed by atoms with van der Waals surface area (Å²) in [5.41, 5.74) is 2.20. The first-order chi connectivity index (χ1) is 8.08. The monoisotopic (exact) mass is 255 g/mol. The summed E-state index contributed by atoms with van der Waals surface area (Å²) < 4.78 is 6.06. The van der Waals surface area contributed by atoms with E-state index in [1.165, 1.54) is 0 Å². The van der Waals surface area contributed by atoms with Gasteiger partial charge in [0.25, 0.3) is 0 Å². The third kappa shape index (κ3) is 4.21. The van der Waals surface area contributed by atoms with Gasteiger partial charge in [-0.15, -0.1) is 0 Å². The van der Waals surface area contributed by atoms with Crippen LogP contribution >= 0.6 is 11.6 Å². The molecule has 3 heteroatoms. The van der Waals surface area contributed by atoms with Crippen molar-refractivity contribution in [3.05, 3.63) is 28.3 Å². The average molecular weight is 256 g/mol. The molecule has 0 spiro atoms. The molecule has 0 saturated carbocycles. The Balaban J connectivity index is 2.78. The molecule has 17 heavy (non-hydrogen) atoms. The van der Waals surface area contributed by atoms with Crippen molar-refractivity contribution in [3.63, 3.8) is 0 Å². The van der Waals surface area contributed by atoms with E-state index in [4.69, 9.17) is 16.3 Å². The zero-order valence-corrected chi connectivity index (χ0v) is 11.9. The van der Waals surface area contributed by atoms with Crippen molar-refractivity contribution in [1.29, 1.82) is 0 Å². The fourth-order valence-corrected chi connectivity index (χ4v) is 2.15. The van der Waals surface area contributed by atoms with Crippen LogP contribution in [-0.4, -0.2) is 19.2 Å². The first-order valence-corrected chi connectivity index (χ1v) is 6.60.